The minimum absolute atomic E-state index is 0.0275. The molecule has 0 saturated carbocycles. The molecule has 116 valence electrons. The lowest BCUT2D eigenvalue weighted by molar-refractivity contribution is -0.143. The van der Waals surface area contributed by atoms with E-state index >= 15 is 0 Å². The summed E-state index contributed by atoms with van der Waals surface area (Å²) in [6.45, 7) is 2.85. The fourth-order valence-corrected chi connectivity index (χ4v) is 4.32. The van der Waals surface area contributed by atoms with Crippen molar-refractivity contribution >= 4 is 34.6 Å². The van der Waals surface area contributed by atoms with Crippen LogP contribution in [0, 0.1) is 12.8 Å². The number of nitrogens with zero attached hydrogens (tertiary/aromatic N) is 2. The third kappa shape index (κ3) is 2.91. The number of hydrogen-bond acceptors (Lipinski definition) is 5. The smallest absolute Gasteiger partial charge is 0.306 e. The first-order chi connectivity index (χ1) is 10.6. The number of thiophene rings is 1. The van der Waals surface area contributed by atoms with Gasteiger partial charge in [0.15, 0.2) is 0 Å². The van der Waals surface area contributed by atoms with E-state index in [1.807, 2.05) is 23.8 Å². The maximum absolute atomic E-state index is 12.6. The van der Waals surface area contributed by atoms with Gasteiger partial charge in [-0.25, -0.2) is 4.98 Å². The Balaban J connectivity index is 1.75. The Hall–Kier alpha value is -1.73. The molecule has 1 saturated heterocycles. The predicted molar refractivity (Wildman–Crippen MR) is 86.4 cm³/mol. The van der Waals surface area contributed by atoms with E-state index in [1.54, 1.807) is 16.2 Å². The highest BCUT2D eigenvalue weighted by molar-refractivity contribution is 7.17. The summed E-state index contributed by atoms with van der Waals surface area (Å²) in [6.07, 6.45) is 1.05. The van der Waals surface area contributed by atoms with Crippen molar-refractivity contribution < 1.29 is 14.7 Å². The van der Waals surface area contributed by atoms with E-state index in [0.717, 1.165) is 16.3 Å². The number of carboxylic acid groups (broad SMARTS) is 1. The summed E-state index contributed by atoms with van der Waals surface area (Å²) in [7, 11) is 0. The average molecular weight is 336 g/mol. The molecule has 0 spiro atoms. The van der Waals surface area contributed by atoms with Crippen molar-refractivity contribution in [3.05, 3.63) is 27.4 Å². The molecule has 0 aliphatic carbocycles. The second-order valence-electron chi connectivity index (χ2n) is 5.35. The summed E-state index contributed by atoms with van der Waals surface area (Å²) < 4.78 is 0. The zero-order valence-electron chi connectivity index (χ0n) is 12.1. The van der Waals surface area contributed by atoms with Gasteiger partial charge in [0.2, 0.25) is 0 Å². The van der Waals surface area contributed by atoms with Crippen LogP contribution in [-0.4, -0.2) is 40.0 Å². The molecule has 7 heteroatoms. The Morgan fingerprint density at radius 2 is 2.09 bits per heavy atom. The van der Waals surface area contributed by atoms with Crippen LogP contribution in [0.3, 0.4) is 0 Å². The Morgan fingerprint density at radius 3 is 2.68 bits per heavy atom. The lowest BCUT2D eigenvalue weighted by Crippen LogP contribution is -2.40. The van der Waals surface area contributed by atoms with Crippen molar-refractivity contribution in [2.45, 2.75) is 19.8 Å². The molecule has 1 aliphatic heterocycles. The van der Waals surface area contributed by atoms with Crippen molar-refractivity contribution in [2.24, 2.45) is 5.92 Å². The number of aromatic nitrogens is 1. The van der Waals surface area contributed by atoms with Gasteiger partial charge in [-0.05, 0) is 31.2 Å². The molecule has 0 radical (unpaired) electrons. The van der Waals surface area contributed by atoms with Gasteiger partial charge in [-0.3, -0.25) is 9.59 Å². The fourth-order valence-electron chi connectivity index (χ4n) is 2.58. The van der Waals surface area contributed by atoms with Gasteiger partial charge in [0, 0.05) is 24.0 Å². The minimum Gasteiger partial charge on any atom is -0.481 e. The van der Waals surface area contributed by atoms with Crippen LogP contribution in [0.15, 0.2) is 16.8 Å². The molecule has 1 fully saturated rings. The molecule has 0 aromatic carbocycles. The summed E-state index contributed by atoms with van der Waals surface area (Å²) in [6, 6.07) is 2.00. The topological polar surface area (TPSA) is 70.5 Å². The molecule has 0 unspecified atom stereocenters. The average Bonchev–Trinajstić information content (AvgIpc) is 3.16. The Bertz CT molecular complexity index is 686. The highest BCUT2D eigenvalue weighted by Gasteiger charge is 2.29. The second-order valence-corrected chi connectivity index (χ2v) is 7.13. The zero-order chi connectivity index (χ0) is 15.7. The quantitative estimate of drug-likeness (QED) is 0.935. The highest BCUT2D eigenvalue weighted by atomic mass is 32.1. The van der Waals surface area contributed by atoms with Gasteiger partial charge in [0.1, 0.15) is 9.88 Å². The van der Waals surface area contributed by atoms with Gasteiger partial charge in [-0.15, -0.1) is 11.3 Å². The summed E-state index contributed by atoms with van der Waals surface area (Å²) in [5.41, 5.74) is 1.79. The predicted octanol–water partition coefficient (Wildman–Crippen LogP) is 3.12. The molecule has 0 atom stereocenters. The molecule has 22 heavy (non-hydrogen) atoms. The summed E-state index contributed by atoms with van der Waals surface area (Å²) in [4.78, 5) is 30.5. The van der Waals surface area contributed by atoms with Crippen LogP contribution >= 0.6 is 22.7 Å². The Labute approximate surface area is 136 Å². The van der Waals surface area contributed by atoms with Crippen LogP contribution in [-0.2, 0) is 4.79 Å². The van der Waals surface area contributed by atoms with Crippen LogP contribution in [0.5, 0.6) is 0 Å². The molecule has 1 N–H and O–H groups in total. The minimum atomic E-state index is -0.763. The lowest BCUT2D eigenvalue weighted by Gasteiger charge is -2.29. The molecule has 5 nitrogen and oxygen atoms in total. The standard InChI is InChI=1S/C15H16N2O3S2/c1-9-12(22-13(16-9)11-4-7-21-8-11)14(18)17-5-2-10(3-6-17)15(19)20/h4,7-8,10H,2-3,5-6H2,1H3,(H,19,20). The highest BCUT2D eigenvalue weighted by Crippen LogP contribution is 2.31. The molecular formula is C15H16N2O3S2. The van der Waals surface area contributed by atoms with E-state index in [2.05, 4.69) is 4.98 Å². The third-order valence-corrected chi connectivity index (χ3v) is 5.77. The largest absolute Gasteiger partial charge is 0.481 e. The second kappa shape index (κ2) is 6.18. The summed E-state index contributed by atoms with van der Waals surface area (Å²) in [5.74, 6) is -1.12. The normalized spacial score (nSPS) is 16.0. The summed E-state index contributed by atoms with van der Waals surface area (Å²) >= 11 is 3.02. The lowest BCUT2D eigenvalue weighted by atomic mass is 9.97. The number of likely N-dealkylation sites (tertiary alicyclic amines) is 1. The number of carbonyl (C=O) groups is 2. The number of thiazole rings is 1. The van der Waals surface area contributed by atoms with Crippen molar-refractivity contribution in [1.82, 2.24) is 9.88 Å². The molecule has 3 rings (SSSR count). The van der Waals surface area contributed by atoms with Crippen LogP contribution < -0.4 is 0 Å². The van der Waals surface area contributed by atoms with Gasteiger partial charge in [-0.1, -0.05) is 0 Å². The molecule has 0 bridgehead atoms. The van der Waals surface area contributed by atoms with E-state index in [-0.39, 0.29) is 11.8 Å². The number of aryl methyl sites for hydroxylation is 1. The van der Waals surface area contributed by atoms with E-state index in [1.165, 1.54) is 11.3 Å². The van der Waals surface area contributed by atoms with Crippen molar-refractivity contribution in [3.63, 3.8) is 0 Å². The maximum atomic E-state index is 12.6. The van der Waals surface area contributed by atoms with Crippen molar-refractivity contribution in [2.75, 3.05) is 13.1 Å². The molecule has 1 aliphatic rings. The van der Waals surface area contributed by atoms with Gasteiger partial charge in [-0.2, -0.15) is 11.3 Å². The van der Waals surface area contributed by atoms with Crippen molar-refractivity contribution in [1.29, 1.82) is 0 Å². The number of rotatable bonds is 3. The maximum Gasteiger partial charge on any atom is 0.306 e. The number of carboxylic acids is 1. The van der Waals surface area contributed by atoms with Crippen LogP contribution in [0.25, 0.3) is 10.6 Å². The van der Waals surface area contributed by atoms with Gasteiger partial charge in [0.05, 0.1) is 11.6 Å². The number of hydrogen-bond donors (Lipinski definition) is 1. The Morgan fingerprint density at radius 1 is 1.36 bits per heavy atom. The number of piperidine rings is 1. The third-order valence-electron chi connectivity index (χ3n) is 3.89. The van der Waals surface area contributed by atoms with Gasteiger partial charge in [0.25, 0.3) is 5.91 Å². The number of amides is 1. The first kappa shape index (κ1) is 15.2. The zero-order valence-corrected chi connectivity index (χ0v) is 13.7. The van der Waals surface area contributed by atoms with E-state index in [0.29, 0.717) is 30.8 Å². The number of carbonyl (C=O) groups excluding carboxylic acids is 1. The fraction of sp³-hybridized carbons (Fsp3) is 0.400. The monoisotopic (exact) mass is 336 g/mol. The van der Waals surface area contributed by atoms with Crippen LogP contribution in [0.4, 0.5) is 0 Å². The van der Waals surface area contributed by atoms with E-state index in [9.17, 15) is 9.59 Å². The Kier molecular flexibility index (Phi) is 4.26. The molecule has 2 aromatic heterocycles. The SMILES string of the molecule is Cc1nc(-c2ccsc2)sc1C(=O)N1CCC(C(=O)O)CC1. The van der Waals surface area contributed by atoms with Crippen LogP contribution in [0.1, 0.15) is 28.2 Å². The summed E-state index contributed by atoms with van der Waals surface area (Å²) in [5, 5.41) is 13.9. The molecule has 3 heterocycles. The van der Waals surface area contributed by atoms with Gasteiger partial charge >= 0.3 is 5.97 Å². The first-order valence-corrected chi connectivity index (χ1v) is 8.84. The molecule has 1 amide bonds. The van der Waals surface area contributed by atoms with Crippen LogP contribution in [0.2, 0.25) is 0 Å². The molecule has 2 aromatic rings. The van der Waals surface area contributed by atoms with Gasteiger partial charge < -0.3 is 10.0 Å². The number of aliphatic carboxylic acids is 1. The first-order valence-electron chi connectivity index (χ1n) is 7.08. The van der Waals surface area contributed by atoms with E-state index in [4.69, 9.17) is 5.11 Å². The van der Waals surface area contributed by atoms with Crippen molar-refractivity contribution in [3.8, 4) is 10.6 Å². The molecular weight excluding hydrogens is 320 g/mol. The van der Waals surface area contributed by atoms with E-state index < -0.39 is 5.97 Å².